The third-order valence-corrected chi connectivity index (χ3v) is 7.89. The summed E-state index contributed by atoms with van der Waals surface area (Å²) in [6.07, 6.45) is 18.1. The Morgan fingerprint density at radius 2 is 1.54 bits per heavy atom. The number of ether oxygens (including phenoxy) is 1. The number of benzene rings is 2. The molecule has 2 aromatic rings. The van der Waals surface area contributed by atoms with Gasteiger partial charge in [0.25, 0.3) is 0 Å². The number of hydrogen-bond donors (Lipinski definition) is 1. The molecule has 5 heteroatoms. The SMILES string of the molecule is CCCCCCCCCCCCC(C#N)(CCCC(CCc1cccc(O)c1)N=NC)c1cccc(OC)c1. The van der Waals surface area contributed by atoms with Gasteiger partial charge in [-0.3, -0.25) is 0 Å². The van der Waals surface area contributed by atoms with Gasteiger partial charge in [-0.25, -0.2) is 0 Å². The molecule has 0 fully saturated rings. The number of phenolic OH excluding ortho intramolecular Hbond substituents is 1. The van der Waals surface area contributed by atoms with Gasteiger partial charge in [0.05, 0.1) is 24.6 Å². The fourth-order valence-electron chi connectivity index (χ4n) is 5.53. The first-order valence-electron chi connectivity index (χ1n) is 15.2. The van der Waals surface area contributed by atoms with Crippen molar-refractivity contribution in [3.05, 3.63) is 59.7 Å². The van der Waals surface area contributed by atoms with Crippen molar-refractivity contribution in [2.45, 2.75) is 121 Å². The van der Waals surface area contributed by atoms with Crippen molar-refractivity contribution >= 4 is 0 Å². The number of methoxy groups -OCH3 is 1. The first kappa shape index (κ1) is 32.3. The molecule has 0 amide bonds. The Kier molecular flexibility index (Phi) is 15.9. The number of aryl methyl sites for hydroxylation is 1. The van der Waals surface area contributed by atoms with Crippen LogP contribution in [-0.2, 0) is 11.8 Å². The fourth-order valence-corrected chi connectivity index (χ4v) is 5.53. The minimum atomic E-state index is -0.520. The van der Waals surface area contributed by atoms with Gasteiger partial charge in [0.1, 0.15) is 11.5 Å². The van der Waals surface area contributed by atoms with Crippen LogP contribution in [0.4, 0.5) is 0 Å². The molecule has 0 spiro atoms. The minimum Gasteiger partial charge on any atom is -0.508 e. The maximum atomic E-state index is 10.5. The van der Waals surface area contributed by atoms with Crippen molar-refractivity contribution in [2.75, 3.05) is 14.2 Å². The second-order valence-corrected chi connectivity index (χ2v) is 10.9. The molecule has 0 aliphatic heterocycles. The zero-order valence-corrected chi connectivity index (χ0v) is 24.7. The van der Waals surface area contributed by atoms with Crippen LogP contribution < -0.4 is 4.74 Å². The zero-order valence-electron chi connectivity index (χ0n) is 24.7. The lowest BCUT2D eigenvalue weighted by Crippen LogP contribution is -2.25. The average Bonchev–Trinajstić information content (AvgIpc) is 2.96. The van der Waals surface area contributed by atoms with Crippen molar-refractivity contribution in [1.29, 1.82) is 5.26 Å². The molecule has 39 heavy (non-hydrogen) atoms. The van der Waals surface area contributed by atoms with E-state index in [1.54, 1.807) is 20.2 Å². The highest BCUT2D eigenvalue weighted by Gasteiger charge is 2.32. The van der Waals surface area contributed by atoms with Crippen molar-refractivity contribution in [2.24, 2.45) is 10.2 Å². The topological polar surface area (TPSA) is 78.0 Å². The van der Waals surface area contributed by atoms with Crippen LogP contribution >= 0.6 is 0 Å². The lowest BCUT2D eigenvalue weighted by atomic mass is 9.73. The maximum absolute atomic E-state index is 10.5. The van der Waals surface area contributed by atoms with E-state index in [-0.39, 0.29) is 6.04 Å². The van der Waals surface area contributed by atoms with Crippen LogP contribution in [0.1, 0.15) is 114 Å². The molecule has 0 saturated heterocycles. The van der Waals surface area contributed by atoms with Crippen LogP contribution in [0.5, 0.6) is 11.5 Å². The third-order valence-electron chi connectivity index (χ3n) is 7.89. The van der Waals surface area contributed by atoms with Crippen LogP contribution in [0, 0.1) is 11.3 Å². The van der Waals surface area contributed by atoms with E-state index >= 15 is 0 Å². The van der Waals surface area contributed by atoms with Crippen LogP contribution in [-0.4, -0.2) is 25.3 Å². The molecule has 0 aliphatic rings. The van der Waals surface area contributed by atoms with Crippen molar-refractivity contribution in [3.63, 3.8) is 0 Å². The number of hydrogen-bond acceptors (Lipinski definition) is 5. The van der Waals surface area contributed by atoms with E-state index in [1.165, 1.54) is 57.8 Å². The number of nitrogens with zero attached hydrogens (tertiary/aromatic N) is 3. The number of rotatable bonds is 21. The van der Waals surface area contributed by atoms with Gasteiger partial charge in [-0.1, -0.05) is 95.4 Å². The number of aromatic hydroxyl groups is 1. The highest BCUT2D eigenvalue weighted by atomic mass is 16.5. The van der Waals surface area contributed by atoms with Gasteiger partial charge in [-0.2, -0.15) is 15.5 Å². The third kappa shape index (κ3) is 12.2. The zero-order chi connectivity index (χ0) is 28.2. The Morgan fingerprint density at radius 1 is 0.872 bits per heavy atom. The van der Waals surface area contributed by atoms with Crippen LogP contribution in [0.25, 0.3) is 0 Å². The molecule has 0 radical (unpaired) electrons. The molecule has 214 valence electrons. The summed E-state index contributed by atoms with van der Waals surface area (Å²) in [6, 6.07) is 18.4. The lowest BCUT2D eigenvalue weighted by Gasteiger charge is -2.28. The highest BCUT2D eigenvalue weighted by Crippen LogP contribution is 2.37. The minimum absolute atomic E-state index is 0.108. The lowest BCUT2D eigenvalue weighted by molar-refractivity contribution is 0.392. The van der Waals surface area contributed by atoms with Gasteiger partial charge in [0, 0.05) is 7.05 Å². The van der Waals surface area contributed by atoms with Gasteiger partial charge in [-0.05, 0) is 73.9 Å². The number of phenols is 1. The van der Waals surface area contributed by atoms with Gasteiger partial charge in [-0.15, -0.1) is 0 Å². The molecule has 5 nitrogen and oxygen atoms in total. The van der Waals surface area contributed by atoms with E-state index in [9.17, 15) is 10.4 Å². The highest BCUT2D eigenvalue weighted by molar-refractivity contribution is 5.38. The molecule has 2 rings (SSSR count). The smallest absolute Gasteiger partial charge is 0.119 e. The van der Waals surface area contributed by atoms with E-state index in [4.69, 9.17) is 4.74 Å². The first-order valence-corrected chi connectivity index (χ1v) is 15.2. The molecule has 0 saturated carbocycles. The van der Waals surface area contributed by atoms with Crippen molar-refractivity contribution < 1.29 is 9.84 Å². The number of nitriles is 1. The Balaban J connectivity index is 1.95. The summed E-state index contributed by atoms with van der Waals surface area (Å²) in [7, 11) is 3.41. The van der Waals surface area contributed by atoms with Gasteiger partial charge in [0.15, 0.2) is 0 Å². The summed E-state index contributed by atoms with van der Waals surface area (Å²) < 4.78 is 5.50. The summed E-state index contributed by atoms with van der Waals surface area (Å²) in [4.78, 5) is 0. The van der Waals surface area contributed by atoms with E-state index in [0.29, 0.717) is 5.75 Å². The van der Waals surface area contributed by atoms with Gasteiger partial charge >= 0.3 is 0 Å². The summed E-state index contributed by atoms with van der Waals surface area (Å²) in [6.45, 7) is 2.26. The Hall–Kier alpha value is -2.87. The Bertz CT molecular complexity index is 1000. The normalized spacial score (nSPS) is 13.7. The van der Waals surface area contributed by atoms with Crippen molar-refractivity contribution in [1.82, 2.24) is 0 Å². The van der Waals surface area contributed by atoms with Gasteiger partial charge in [0.2, 0.25) is 0 Å². The van der Waals surface area contributed by atoms with E-state index in [2.05, 4.69) is 29.3 Å². The molecule has 0 bridgehead atoms. The standard InChI is InChI=1S/C34H51N3O2/c1-4-5-6-7-8-9-10-11-12-13-24-34(28-35,30-18-15-21-33(27-30)39-3)25-16-19-31(37-36-2)23-22-29-17-14-20-32(38)26-29/h14-15,17-18,20-21,26-27,31,38H,4-13,16,19,22-25H2,1-3H3. The van der Waals surface area contributed by atoms with Crippen LogP contribution in [0.15, 0.2) is 58.8 Å². The van der Waals surface area contributed by atoms with Gasteiger partial charge < -0.3 is 9.84 Å². The quantitative estimate of drug-likeness (QED) is 0.128. The molecule has 0 heterocycles. The summed E-state index contributed by atoms with van der Waals surface area (Å²) in [5.74, 6) is 1.10. The first-order chi connectivity index (χ1) is 19.1. The molecule has 0 aliphatic carbocycles. The molecule has 2 unspecified atom stereocenters. The predicted molar refractivity (Wildman–Crippen MR) is 162 cm³/mol. The summed E-state index contributed by atoms with van der Waals surface area (Å²) in [5, 5.41) is 28.9. The Morgan fingerprint density at radius 3 is 2.18 bits per heavy atom. The number of unbranched alkanes of at least 4 members (excludes halogenated alkanes) is 9. The largest absolute Gasteiger partial charge is 0.508 e. The molecule has 2 aromatic carbocycles. The molecule has 1 N–H and O–H groups in total. The van der Waals surface area contributed by atoms with E-state index in [1.807, 2.05) is 36.4 Å². The Labute approximate surface area is 237 Å². The number of azo groups is 1. The van der Waals surface area contributed by atoms with E-state index < -0.39 is 5.41 Å². The molecule has 0 aromatic heterocycles. The molecular weight excluding hydrogens is 482 g/mol. The molecular formula is C34H51N3O2. The second-order valence-electron chi connectivity index (χ2n) is 10.9. The fraction of sp³-hybridized carbons (Fsp3) is 0.618. The van der Waals surface area contributed by atoms with Crippen molar-refractivity contribution in [3.8, 4) is 17.6 Å². The monoisotopic (exact) mass is 533 g/mol. The summed E-state index contributed by atoms with van der Waals surface area (Å²) >= 11 is 0. The van der Waals surface area contributed by atoms with Crippen LogP contribution in [0.2, 0.25) is 0 Å². The predicted octanol–water partition coefficient (Wildman–Crippen LogP) is 9.73. The van der Waals surface area contributed by atoms with E-state index in [0.717, 1.165) is 61.8 Å². The maximum Gasteiger partial charge on any atom is 0.119 e. The summed E-state index contributed by atoms with van der Waals surface area (Å²) in [5.41, 5.74) is 1.65. The van der Waals surface area contributed by atoms with Crippen LogP contribution in [0.3, 0.4) is 0 Å². The average molecular weight is 534 g/mol. The second kappa shape index (κ2) is 19.2. The molecule has 2 atom stereocenters.